The van der Waals surface area contributed by atoms with Crippen LogP contribution in [-0.2, 0) is 6.42 Å². The summed E-state index contributed by atoms with van der Waals surface area (Å²) in [5.41, 5.74) is -1.10. The minimum Gasteiger partial charge on any atom is -0.388 e. The van der Waals surface area contributed by atoms with Gasteiger partial charge >= 0.3 is 6.18 Å². The van der Waals surface area contributed by atoms with Crippen molar-refractivity contribution in [2.24, 2.45) is 0 Å². The third-order valence-corrected chi connectivity index (χ3v) is 4.91. The molecular formula is C17H16F3N3O3. The van der Waals surface area contributed by atoms with Gasteiger partial charge in [0.05, 0.1) is 22.5 Å². The lowest BCUT2D eigenvalue weighted by atomic mass is 9.93. The Kier molecular flexibility index (Phi) is 3.64. The number of hydrogen-bond donors (Lipinski definition) is 2. The molecule has 4 atom stereocenters. The Hall–Kier alpha value is -2.39. The number of para-hydroxylation sites is 1. The molecule has 0 amide bonds. The Labute approximate surface area is 145 Å². The molecule has 0 bridgehead atoms. The summed E-state index contributed by atoms with van der Waals surface area (Å²) in [5, 5.41) is 21.7. The number of aliphatic hydroxyl groups is 2. The molecule has 4 unspecified atom stereocenters. The topological polar surface area (TPSA) is 78.4 Å². The molecule has 2 aromatic rings. The molecule has 6 nitrogen and oxygen atoms in total. The number of benzene rings is 1. The SMILES string of the molecule is CCc1nc2ccccc2c(=O)n1N1C2C=C(C(F)(F)F)C(O)C(O)C21. The Balaban J connectivity index is 1.85. The molecule has 1 aliphatic carbocycles. The number of alkyl halides is 3. The highest BCUT2D eigenvalue weighted by Crippen LogP contribution is 2.42. The Morgan fingerprint density at radius 3 is 2.58 bits per heavy atom. The van der Waals surface area contributed by atoms with E-state index in [-0.39, 0.29) is 0 Å². The molecule has 1 aliphatic heterocycles. The Bertz CT molecular complexity index is 969. The third kappa shape index (κ3) is 2.34. The van der Waals surface area contributed by atoms with Gasteiger partial charge in [0.2, 0.25) is 0 Å². The van der Waals surface area contributed by atoms with Gasteiger partial charge in [-0.05, 0) is 18.2 Å². The molecule has 2 heterocycles. The summed E-state index contributed by atoms with van der Waals surface area (Å²) in [6.45, 7) is 1.78. The second-order valence-electron chi connectivity index (χ2n) is 6.43. The smallest absolute Gasteiger partial charge is 0.388 e. The van der Waals surface area contributed by atoms with E-state index in [0.717, 1.165) is 6.08 Å². The first-order valence-electron chi connectivity index (χ1n) is 8.20. The van der Waals surface area contributed by atoms with Crippen LogP contribution in [0, 0.1) is 0 Å². The van der Waals surface area contributed by atoms with Crippen LogP contribution in [0.15, 0.2) is 40.7 Å². The zero-order valence-corrected chi connectivity index (χ0v) is 13.7. The van der Waals surface area contributed by atoms with Crippen LogP contribution >= 0.6 is 0 Å². The Morgan fingerprint density at radius 1 is 1.23 bits per heavy atom. The number of nitrogens with zero attached hydrogens (tertiary/aromatic N) is 3. The van der Waals surface area contributed by atoms with Crippen molar-refractivity contribution in [1.82, 2.24) is 9.66 Å². The lowest BCUT2D eigenvalue weighted by Gasteiger charge is -2.24. The summed E-state index contributed by atoms with van der Waals surface area (Å²) in [7, 11) is 0. The molecule has 0 radical (unpaired) electrons. The molecular weight excluding hydrogens is 351 g/mol. The summed E-state index contributed by atoms with van der Waals surface area (Å²) in [4.78, 5) is 17.3. The standard InChI is InChI=1S/C17H16F3N3O3/c1-2-12-21-10-6-4-3-5-8(10)16(26)23(12)22-11-7-9(17(18,19)20)14(24)15(25)13(11)22/h3-7,11,13-15,24-25H,2H2,1H3. The van der Waals surface area contributed by atoms with E-state index in [2.05, 4.69) is 4.98 Å². The number of aliphatic hydroxyl groups excluding tert-OH is 2. The van der Waals surface area contributed by atoms with Gasteiger partial charge in [0.25, 0.3) is 5.56 Å². The van der Waals surface area contributed by atoms with Gasteiger partial charge in [-0.3, -0.25) is 9.80 Å². The summed E-state index contributed by atoms with van der Waals surface area (Å²) < 4.78 is 40.5. The van der Waals surface area contributed by atoms with E-state index >= 15 is 0 Å². The highest BCUT2D eigenvalue weighted by molar-refractivity contribution is 5.77. The molecule has 2 N–H and O–H groups in total. The average molecular weight is 367 g/mol. The van der Waals surface area contributed by atoms with Crippen molar-refractivity contribution in [1.29, 1.82) is 0 Å². The van der Waals surface area contributed by atoms with Crippen molar-refractivity contribution in [2.75, 3.05) is 5.01 Å². The van der Waals surface area contributed by atoms with Crippen LogP contribution in [0.25, 0.3) is 10.9 Å². The third-order valence-electron chi connectivity index (χ3n) is 4.91. The maximum absolute atomic E-state index is 13.1. The molecule has 1 saturated heterocycles. The maximum Gasteiger partial charge on any atom is 0.415 e. The minimum atomic E-state index is -4.75. The fourth-order valence-electron chi connectivity index (χ4n) is 3.61. The van der Waals surface area contributed by atoms with E-state index in [1.54, 1.807) is 31.2 Å². The zero-order chi connectivity index (χ0) is 18.8. The van der Waals surface area contributed by atoms with E-state index in [1.165, 1.54) is 9.69 Å². The molecule has 0 spiro atoms. The van der Waals surface area contributed by atoms with Gasteiger partial charge in [0, 0.05) is 6.42 Å². The minimum absolute atomic E-state index is 0.336. The van der Waals surface area contributed by atoms with Crippen molar-refractivity contribution in [3.8, 4) is 0 Å². The summed E-state index contributed by atoms with van der Waals surface area (Å²) >= 11 is 0. The fourth-order valence-corrected chi connectivity index (χ4v) is 3.61. The highest BCUT2D eigenvalue weighted by Gasteiger charge is 2.61. The summed E-state index contributed by atoms with van der Waals surface area (Å²) in [5.74, 6) is 0.381. The first-order chi connectivity index (χ1) is 12.3. The first-order valence-corrected chi connectivity index (χ1v) is 8.20. The van der Waals surface area contributed by atoms with Gasteiger partial charge in [0.15, 0.2) is 0 Å². The fraction of sp³-hybridized carbons (Fsp3) is 0.412. The van der Waals surface area contributed by atoms with Gasteiger partial charge in [0.1, 0.15) is 24.1 Å². The first kappa shape index (κ1) is 17.0. The van der Waals surface area contributed by atoms with E-state index < -0.39 is 41.6 Å². The highest BCUT2D eigenvalue weighted by atomic mass is 19.4. The van der Waals surface area contributed by atoms with E-state index in [9.17, 15) is 28.2 Å². The Morgan fingerprint density at radius 2 is 1.92 bits per heavy atom. The number of rotatable bonds is 2. The monoisotopic (exact) mass is 367 g/mol. The zero-order valence-electron chi connectivity index (χ0n) is 13.7. The largest absolute Gasteiger partial charge is 0.415 e. The maximum atomic E-state index is 13.1. The molecule has 26 heavy (non-hydrogen) atoms. The molecule has 9 heteroatoms. The summed E-state index contributed by atoms with van der Waals surface area (Å²) in [6.07, 6.45) is -7.19. The van der Waals surface area contributed by atoms with Crippen LogP contribution in [0.5, 0.6) is 0 Å². The predicted octanol–water partition coefficient (Wildman–Crippen LogP) is 0.872. The van der Waals surface area contributed by atoms with Gasteiger partial charge in [-0.15, -0.1) is 0 Å². The molecule has 2 aliphatic rings. The van der Waals surface area contributed by atoms with Gasteiger partial charge < -0.3 is 10.2 Å². The quantitative estimate of drug-likeness (QED) is 0.609. The number of fused-ring (bicyclic) bond motifs is 2. The van der Waals surface area contributed by atoms with Crippen LogP contribution in [0.2, 0.25) is 0 Å². The van der Waals surface area contributed by atoms with Crippen LogP contribution in [0.3, 0.4) is 0 Å². The van der Waals surface area contributed by atoms with Crippen molar-refractivity contribution in [3.05, 3.63) is 52.1 Å². The molecule has 1 aromatic heterocycles. The second kappa shape index (κ2) is 5.55. The van der Waals surface area contributed by atoms with Crippen LogP contribution in [0.1, 0.15) is 12.7 Å². The van der Waals surface area contributed by atoms with E-state index in [0.29, 0.717) is 23.1 Å². The van der Waals surface area contributed by atoms with E-state index in [1.807, 2.05) is 0 Å². The molecule has 0 saturated carbocycles. The van der Waals surface area contributed by atoms with Gasteiger partial charge in [-0.1, -0.05) is 19.1 Å². The second-order valence-corrected chi connectivity index (χ2v) is 6.43. The van der Waals surface area contributed by atoms with Crippen LogP contribution in [-0.4, -0.2) is 50.3 Å². The van der Waals surface area contributed by atoms with Crippen molar-refractivity contribution in [2.45, 2.75) is 43.8 Å². The number of aryl methyl sites for hydroxylation is 1. The summed E-state index contributed by atoms with van der Waals surface area (Å²) in [6, 6.07) is 5.08. The van der Waals surface area contributed by atoms with Crippen molar-refractivity contribution in [3.63, 3.8) is 0 Å². The molecule has 4 rings (SSSR count). The van der Waals surface area contributed by atoms with Crippen LogP contribution < -0.4 is 10.6 Å². The van der Waals surface area contributed by atoms with E-state index in [4.69, 9.17) is 0 Å². The van der Waals surface area contributed by atoms with Gasteiger partial charge in [-0.2, -0.15) is 13.2 Å². The average Bonchev–Trinajstić information content (AvgIpc) is 3.31. The normalized spacial score (nSPS) is 28.1. The molecule has 1 aromatic carbocycles. The molecule has 138 valence electrons. The number of hydrogen-bond acceptors (Lipinski definition) is 5. The van der Waals surface area contributed by atoms with Crippen molar-refractivity contribution >= 4 is 10.9 Å². The van der Waals surface area contributed by atoms with Crippen molar-refractivity contribution < 1.29 is 23.4 Å². The number of aromatic nitrogens is 2. The molecule has 1 fully saturated rings. The predicted molar refractivity (Wildman–Crippen MR) is 87.3 cm³/mol. The number of halogens is 3. The van der Waals surface area contributed by atoms with Gasteiger partial charge in [-0.25, -0.2) is 9.66 Å². The lowest BCUT2D eigenvalue weighted by molar-refractivity contribution is -0.116. The van der Waals surface area contributed by atoms with Crippen LogP contribution in [0.4, 0.5) is 13.2 Å². The lowest BCUT2D eigenvalue weighted by Crippen LogP contribution is -2.42.